The topological polar surface area (TPSA) is 44.5 Å². The molecular weight excluding hydrogens is 312 g/mol. The maximum Gasteiger partial charge on any atom is 0.122 e. The van der Waals surface area contributed by atoms with Crippen molar-refractivity contribution in [1.82, 2.24) is 19.4 Å². The fraction of sp³-hybridized carbons (Fsp3) is 0.550. The lowest BCUT2D eigenvalue weighted by Gasteiger charge is -2.41. The minimum Gasteiger partial charge on any atom is -0.396 e. The molecule has 1 fully saturated rings. The van der Waals surface area contributed by atoms with Gasteiger partial charge in [0.05, 0.1) is 6.54 Å². The van der Waals surface area contributed by atoms with Crippen molar-refractivity contribution >= 4 is 0 Å². The Hall–Kier alpha value is -1.69. The van der Waals surface area contributed by atoms with Crippen LogP contribution in [0.5, 0.6) is 0 Å². The highest BCUT2D eigenvalue weighted by molar-refractivity contribution is 5.21. The fourth-order valence-electron chi connectivity index (χ4n) is 3.64. The molecule has 1 aliphatic rings. The van der Waals surface area contributed by atoms with Crippen LogP contribution >= 0.6 is 0 Å². The van der Waals surface area contributed by atoms with E-state index in [0.717, 1.165) is 51.5 Å². The van der Waals surface area contributed by atoms with Gasteiger partial charge in [-0.2, -0.15) is 0 Å². The molecule has 1 aliphatic heterocycles. The Kier molecular flexibility index (Phi) is 6.24. The van der Waals surface area contributed by atoms with Gasteiger partial charge in [-0.1, -0.05) is 29.8 Å². The molecule has 3 rings (SSSR count). The maximum atomic E-state index is 9.50. The van der Waals surface area contributed by atoms with E-state index in [2.05, 4.69) is 57.5 Å². The van der Waals surface area contributed by atoms with Crippen molar-refractivity contribution in [1.29, 1.82) is 0 Å². The van der Waals surface area contributed by atoms with Crippen molar-refractivity contribution in [2.24, 2.45) is 0 Å². The van der Waals surface area contributed by atoms with Gasteiger partial charge >= 0.3 is 0 Å². The molecule has 0 aliphatic carbocycles. The van der Waals surface area contributed by atoms with E-state index >= 15 is 0 Å². The van der Waals surface area contributed by atoms with Crippen LogP contribution in [0.15, 0.2) is 36.7 Å². The van der Waals surface area contributed by atoms with E-state index in [1.807, 2.05) is 12.4 Å². The van der Waals surface area contributed by atoms with E-state index in [-0.39, 0.29) is 6.61 Å². The van der Waals surface area contributed by atoms with Crippen LogP contribution in [-0.4, -0.2) is 56.7 Å². The molecule has 0 saturated carbocycles. The molecule has 0 spiro atoms. The van der Waals surface area contributed by atoms with E-state index in [4.69, 9.17) is 0 Å². The smallest absolute Gasteiger partial charge is 0.122 e. The molecule has 25 heavy (non-hydrogen) atoms. The van der Waals surface area contributed by atoms with Crippen LogP contribution in [0, 0.1) is 6.92 Å². The summed E-state index contributed by atoms with van der Waals surface area (Å²) in [5.74, 6) is 1.14. The van der Waals surface area contributed by atoms with Gasteiger partial charge in [0, 0.05) is 57.8 Å². The number of piperazine rings is 1. The Balaban J connectivity index is 1.62. The van der Waals surface area contributed by atoms with Gasteiger partial charge in [0.1, 0.15) is 5.82 Å². The van der Waals surface area contributed by atoms with Crippen molar-refractivity contribution in [2.75, 3.05) is 26.2 Å². The van der Waals surface area contributed by atoms with Crippen molar-refractivity contribution in [3.05, 3.63) is 53.6 Å². The van der Waals surface area contributed by atoms with E-state index in [1.54, 1.807) is 0 Å². The predicted molar refractivity (Wildman–Crippen MR) is 100 cm³/mol. The van der Waals surface area contributed by atoms with Crippen LogP contribution in [0.3, 0.4) is 0 Å². The average molecular weight is 342 g/mol. The molecule has 2 heterocycles. The normalized spacial score (nSPS) is 19.4. The van der Waals surface area contributed by atoms with Gasteiger partial charge in [-0.15, -0.1) is 0 Å². The summed E-state index contributed by atoms with van der Waals surface area (Å²) in [4.78, 5) is 9.50. The molecule has 136 valence electrons. The Bertz CT molecular complexity index is 652. The number of aryl methyl sites for hydroxylation is 2. The van der Waals surface area contributed by atoms with E-state index in [1.165, 1.54) is 11.1 Å². The molecule has 0 radical (unpaired) electrons. The summed E-state index contributed by atoms with van der Waals surface area (Å²) in [6.07, 6.45) is 4.76. The standard InChI is InChI=1S/C20H30N4O/c1-3-23-10-9-21-20(23)16-22-11-12-24(19(15-22)8-13-25)14-18-6-4-17(2)5-7-18/h4-7,9-10,19,25H,3,8,11-16H2,1-2H3/t19-/m1/s1. The Morgan fingerprint density at radius 2 is 1.96 bits per heavy atom. The molecule has 0 bridgehead atoms. The van der Waals surface area contributed by atoms with Crippen molar-refractivity contribution in [3.63, 3.8) is 0 Å². The summed E-state index contributed by atoms with van der Waals surface area (Å²) in [5, 5.41) is 9.50. The zero-order valence-electron chi connectivity index (χ0n) is 15.4. The summed E-state index contributed by atoms with van der Waals surface area (Å²) in [6.45, 7) is 10.4. The quantitative estimate of drug-likeness (QED) is 0.838. The summed E-state index contributed by atoms with van der Waals surface area (Å²) in [6, 6.07) is 9.19. The molecule has 1 atom stereocenters. The number of imidazole rings is 1. The highest BCUT2D eigenvalue weighted by Crippen LogP contribution is 2.18. The van der Waals surface area contributed by atoms with Crippen molar-refractivity contribution in [2.45, 2.75) is 45.9 Å². The first kappa shape index (κ1) is 18.1. The fourth-order valence-corrected chi connectivity index (χ4v) is 3.64. The van der Waals surface area contributed by atoms with Crippen LogP contribution in [-0.2, 0) is 19.6 Å². The number of aliphatic hydroxyl groups is 1. The molecular formula is C20H30N4O. The van der Waals surface area contributed by atoms with Crippen molar-refractivity contribution in [3.8, 4) is 0 Å². The molecule has 2 aromatic rings. The Labute approximate surface area is 150 Å². The molecule has 5 nitrogen and oxygen atoms in total. The second kappa shape index (κ2) is 8.61. The van der Waals surface area contributed by atoms with E-state index in [0.29, 0.717) is 6.04 Å². The minimum atomic E-state index is 0.243. The number of hydrogen-bond acceptors (Lipinski definition) is 4. The van der Waals surface area contributed by atoms with E-state index < -0.39 is 0 Å². The molecule has 1 aromatic heterocycles. The van der Waals surface area contributed by atoms with Gasteiger partial charge in [0.15, 0.2) is 0 Å². The first-order chi connectivity index (χ1) is 12.2. The number of hydrogen-bond donors (Lipinski definition) is 1. The van der Waals surface area contributed by atoms with Gasteiger partial charge in [-0.05, 0) is 25.8 Å². The van der Waals surface area contributed by atoms with Crippen molar-refractivity contribution < 1.29 is 5.11 Å². The lowest BCUT2D eigenvalue weighted by Crippen LogP contribution is -2.52. The number of benzene rings is 1. The molecule has 0 amide bonds. The van der Waals surface area contributed by atoms with Gasteiger partial charge < -0.3 is 9.67 Å². The molecule has 1 aromatic carbocycles. The number of aliphatic hydroxyl groups excluding tert-OH is 1. The monoisotopic (exact) mass is 342 g/mol. The number of aromatic nitrogens is 2. The number of nitrogens with zero attached hydrogens (tertiary/aromatic N) is 4. The second-order valence-corrected chi connectivity index (χ2v) is 6.99. The lowest BCUT2D eigenvalue weighted by atomic mass is 10.1. The highest BCUT2D eigenvalue weighted by Gasteiger charge is 2.27. The van der Waals surface area contributed by atoms with Crippen LogP contribution in [0.25, 0.3) is 0 Å². The predicted octanol–water partition coefficient (Wildman–Crippen LogP) is 2.28. The largest absolute Gasteiger partial charge is 0.396 e. The van der Waals surface area contributed by atoms with Gasteiger partial charge in [-0.3, -0.25) is 9.80 Å². The third-order valence-corrected chi connectivity index (χ3v) is 5.16. The average Bonchev–Trinajstić information content (AvgIpc) is 3.06. The SMILES string of the molecule is CCn1ccnc1CN1CCN(Cc2ccc(C)cc2)[C@H](CCO)C1. The third kappa shape index (κ3) is 4.69. The summed E-state index contributed by atoms with van der Waals surface area (Å²) < 4.78 is 2.21. The van der Waals surface area contributed by atoms with Crippen LogP contribution in [0.2, 0.25) is 0 Å². The molecule has 0 unspecified atom stereocenters. The second-order valence-electron chi connectivity index (χ2n) is 6.99. The zero-order chi connectivity index (χ0) is 17.6. The zero-order valence-corrected chi connectivity index (χ0v) is 15.4. The van der Waals surface area contributed by atoms with E-state index in [9.17, 15) is 5.11 Å². The third-order valence-electron chi connectivity index (χ3n) is 5.16. The van der Waals surface area contributed by atoms with Crippen LogP contribution in [0.4, 0.5) is 0 Å². The van der Waals surface area contributed by atoms with Crippen LogP contribution in [0.1, 0.15) is 30.3 Å². The van der Waals surface area contributed by atoms with Crippen LogP contribution < -0.4 is 0 Å². The Morgan fingerprint density at radius 3 is 2.68 bits per heavy atom. The molecule has 5 heteroatoms. The molecule has 1 saturated heterocycles. The Morgan fingerprint density at radius 1 is 1.16 bits per heavy atom. The van der Waals surface area contributed by atoms with Gasteiger partial charge in [-0.25, -0.2) is 4.98 Å². The highest BCUT2D eigenvalue weighted by atomic mass is 16.3. The maximum absolute atomic E-state index is 9.50. The summed E-state index contributed by atoms with van der Waals surface area (Å²) in [5.41, 5.74) is 2.65. The van der Waals surface area contributed by atoms with Gasteiger partial charge in [0.25, 0.3) is 0 Å². The summed E-state index contributed by atoms with van der Waals surface area (Å²) in [7, 11) is 0. The first-order valence-electron chi connectivity index (χ1n) is 9.32. The number of rotatable bonds is 7. The van der Waals surface area contributed by atoms with Gasteiger partial charge in [0.2, 0.25) is 0 Å². The molecule has 1 N–H and O–H groups in total. The lowest BCUT2D eigenvalue weighted by molar-refractivity contribution is 0.0483. The minimum absolute atomic E-state index is 0.243. The first-order valence-corrected chi connectivity index (χ1v) is 9.32. The summed E-state index contributed by atoms with van der Waals surface area (Å²) >= 11 is 0.